The van der Waals surface area contributed by atoms with Crippen LogP contribution in [0, 0.1) is 12.7 Å². The maximum Gasteiger partial charge on any atom is 0.355 e. The number of amides is 1. The van der Waals surface area contributed by atoms with Crippen molar-refractivity contribution in [3.8, 4) is 22.7 Å². The highest BCUT2D eigenvalue weighted by Gasteiger charge is 2.39. The van der Waals surface area contributed by atoms with Crippen molar-refractivity contribution in [2.45, 2.75) is 52.1 Å². The van der Waals surface area contributed by atoms with Gasteiger partial charge in [-0.2, -0.15) is 4.98 Å². The fraction of sp³-hybridized carbons (Fsp3) is 0.364. The number of pyridine rings is 2. The monoisotopic (exact) mass is 631 g/mol. The molecule has 0 radical (unpaired) electrons. The Balaban J connectivity index is 1.76. The molecule has 0 aliphatic carbocycles. The Labute approximate surface area is 265 Å². The fourth-order valence-electron chi connectivity index (χ4n) is 6.58. The molecule has 0 saturated carbocycles. The van der Waals surface area contributed by atoms with Crippen molar-refractivity contribution in [3.63, 3.8) is 0 Å². The van der Waals surface area contributed by atoms with Crippen molar-refractivity contribution in [3.05, 3.63) is 75.7 Å². The van der Waals surface area contributed by atoms with Gasteiger partial charge in [0, 0.05) is 45.0 Å². The Hall–Kier alpha value is -4.51. The Morgan fingerprint density at radius 3 is 2.64 bits per heavy atom. The van der Waals surface area contributed by atoms with E-state index in [1.807, 2.05) is 32.6 Å². The smallest absolute Gasteiger partial charge is 0.355 e. The highest BCUT2D eigenvalue weighted by Crippen LogP contribution is 2.45. The molecule has 1 amide bonds. The molecular formula is C33H35ClFN7O3. The summed E-state index contributed by atoms with van der Waals surface area (Å²) < 4.78 is 18.4. The number of benzene rings is 1. The predicted molar refractivity (Wildman–Crippen MR) is 174 cm³/mol. The maximum atomic E-state index is 17.0. The number of phenolic OH excluding ortho intramolecular Hbond substituents is 1. The summed E-state index contributed by atoms with van der Waals surface area (Å²) in [5, 5.41) is 11.3. The molecular weight excluding hydrogens is 597 g/mol. The lowest BCUT2D eigenvalue weighted by Gasteiger charge is -2.47. The van der Waals surface area contributed by atoms with E-state index in [1.165, 1.54) is 16.7 Å². The largest absolute Gasteiger partial charge is 0.507 e. The van der Waals surface area contributed by atoms with E-state index in [9.17, 15) is 14.7 Å². The average Bonchev–Trinajstić information content (AvgIpc) is 2.99. The summed E-state index contributed by atoms with van der Waals surface area (Å²) in [6.45, 7) is 12.6. The standard InChI is InChI=1S/C33H35ClFN7O3/c1-7-23(44)40-16-20-12-14-39(6)30-25-31(41(20)15-19(40)5)38-33(45)42(29-18(4)11-13-36-27(29)17(2)3)32(25)37-28(26(30)35)24-21(34)9-8-10-22(24)43/h7-11,13,17,19-20,43H,1,12,14-16H2,2-6H3. The van der Waals surface area contributed by atoms with Crippen LogP contribution in [0.2, 0.25) is 5.02 Å². The van der Waals surface area contributed by atoms with Gasteiger partial charge in [-0.1, -0.05) is 38.1 Å². The zero-order chi connectivity index (χ0) is 32.3. The Kier molecular flexibility index (Phi) is 7.76. The second-order valence-corrected chi connectivity index (χ2v) is 12.5. The number of fused-ring (bicyclic) bond motifs is 2. The van der Waals surface area contributed by atoms with Gasteiger partial charge in [0.05, 0.1) is 33.0 Å². The number of carbonyl (C=O) groups is 1. The van der Waals surface area contributed by atoms with Gasteiger partial charge in [0.2, 0.25) is 5.91 Å². The van der Waals surface area contributed by atoms with Crippen LogP contribution in [-0.4, -0.2) is 74.2 Å². The zero-order valence-electron chi connectivity index (χ0n) is 25.9. The van der Waals surface area contributed by atoms with Gasteiger partial charge in [0.1, 0.15) is 17.3 Å². The van der Waals surface area contributed by atoms with Gasteiger partial charge in [0.25, 0.3) is 0 Å². The second-order valence-electron chi connectivity index (χ2n) is 12.1. The molecule has 12 heteroatoms. The topological polar surface area (TPSA) is 108 Å². The third kappa shape index (κ3) is 4.89. The molecule has 2 aliphatic rings. The van der Waals surface area contributed by atoms with Crippen LogP contribution in [0.3, 0.4) is 0 Å². The summed E-state index contributed by atoms with van der Waals surface area (Å²) in [7, 11) is 1.77. The van der Waals surface area contributed by atoms with E-state index in [-0.39, 0.29) is 57.3 Å². The van der Waals surface area contributed by atoms with Gasteiger partial charge in [-0.25, -0.2) is 18.7 Å². The highest BCUT2D eigenvalue weighted by molar-refractivity contribution is 6.33. The molecule has 234 valence electrons. The van der Waals surface area contributed by atoms with Crippen molar-refractivity contribution in [1.82, 2.24) is 24.4 Å². The molecule has 0 spiro atoms. The fourth-order valence-corrected chi connectivity index (χ4v) is 6.84. The third-order valence-electron chi connectivity index (χ3n) is 8.83. The molecule has 10 nitrogen and oxygen atoms in total. The van der Waals surface area contributed by atoms with E-state index in [1.54, 1.807) is 41.2 Å². The minimum absolute atomic E-state index is 0.0256. The average molecular weight is 632 g/mol. The molecule has 6 rings (SSSR count). The van der Waals surface area contributed by atoms with Crippen LogP contribution in [-0.2, 0) is 4.79 Å². The van der Waals surface area contributed by atoms with E-state index in [0.29, 0.717) is 48.6 Å². The molecule has 4 aromatic rings. The summed E-state index contributed by atoms with van der Waals surface area (Å²) >= 11 is 6.54. The first kappa shape index (κ1) is 30.5. The van der Waals surface area contributed by atoms with Crippen LogP contribution in [0.1, 0.15) is 44.4 Å². The van der Waals surface area contributed by atoms with Crippen molar-refractivity contribution >= 4 is 40.0 Å². The number of aromatic hydroxyl groups is 1. The van der Waals surface area contributed by atoms with Crippen molar-refractivity contribution in [2.24, 2.45) is 0 Å². The van der Waals surface area contributed by atoms with Gasteiger partial charge in [-0.15, -0.1) is 0 Å². The minimum Gasteiger partial charge on any atom is -0.507 e. The molecule has 1 aromatic carbocycles. The van der Waals surface area contributed by atoms with Gasteiger partial charge in [-0.05, 0) is 56.0 Å². The molecule has 0 bridgehead atoms. The molecule has 1 saturated heterocycles. The van der Waals surface area contributed by atoms with Gasteiger partial charge >= 0.3 is 5.69 Å². The molecule has 2 atom stereocenters. The Morgan fingerprint density at radius 2 is 1.96 bits per heavy atom. The van der Waals surface area contributed by atoms with E-state index < -0.39 is 11.5 Å². The normalized spacial score (nSPS) is 18.2. The molecule has 3 aromatic heterocycles. The number of piperazine rings is 1. The molecule has 45 heavy (non-hydrogen) atoms. The summed E-state index contributed by atoms with van der Waals surface area (Å²) in [5.41, 5.74) is 1.54. The van der Waals surface area contributed by atoms with E-state index in [2.05, 4.69) is 16.5 Å². The first-order chi connectivity index (χ1) is 21.4. The number of anilines is 2. The number of aryl methyl sites for hydroxylation is 1. The summed E-state index contributed by atoms with van der Waals surface area (Å²) in [4.78, 5) is 46.6. The summed E-state index contributed by atoms with van der Waals surface area (Å²) in [6, 6.07) is 5.92. The van der Waals surface area contributed by atoms with Crippen LogP contribution in [0.4, 0.5) is 15.9 Å². The number of carbonyl (C=O) groups excluding carboxylic acids is 1. The van der Waals surface area contributed by atoms with E-state index in [4.69, 9.17) is 16.6 Å². The van der Waals surface area contributed by atoms with Crippen molar-refractivity contribution in [2.75, 3.05) is 36.5 Å². The molecule has 1 fully saturated rings. The Morgan fingerprint density at radius 1 is 1.20 bits per heavy atom. The maximum absolute atomic E-state index is 17.0. The van der Waals surface area contributed by atoms with Crippen LogP contribution in [0.25, 0.3) is 28.0 Å². The summed E-state index contributed by atoms with van der Waals surface area (Å²) in [6.07, 6.45) is 3.56. The molecule has 2 unspecified atom stereocenters. The molecule has 1 N–H and O–H groups in total. The molecule has 5 heterocycles. The summed E-state index contributed by atoms with van der Waals surface area (Å²) in [5.74, 6) is -0.869. The van der Waals surface area contributed by atoms with Gasteiger partial charge in [0.15, 0.2) is 11.5 Å². The highest BCUT2D eigenvalue weighted by atomic mass is 35.5. The van der Waals surface area contributed by atoms with E-state index in [0.717, 1.165) is 5.56 Å². The third-order valence-corrected chi connectivity index (χ3v) is 9.14. The number of hydrogen-bond acceptors (Lipinski definition) is 8. The van der Waals surface area contributed by atoms with Gasteiger partial charge < -0.3 is 19.8 Å². The lowest BCUT2D eigenvalue weighted by atomic mass is 9.99. The lowest BCUT2D eigenvalue weighted by molar-refractivity contribution is -0.128. The number of nitrogens with zero attached hydrogens (tertiary/aromatic N) is 7. The van der Waals surface area contributed by atoms with Crippen LogP contribution < -0.4 is 15.5 Å². The van der Waals surface area contributed by atoms with Crippen LogP contribution >= 0.6 is 11.6 Å². The number of aromatic nitrogens is 4. The Bertz CT molecular complexity index is 1910. The molecule has 2 aliphatic heterocycles. The first-order valence-corrected chi connectivity index (χ1v) is 15.3. The van der Waals surface area contributed by atoms with E-state index >= 15 is 4.39 Å². The quantitative estimate of drug-likeness (QED) is 0.306. The number of hydrogen-bond donors (Lipinski definition) is 1. The minimum atomic E-state index is -0.694. The predicted octanol–water partition coefficient (Wildman–Crippen LogP) is 5.20. The van der Waals surface area contributed by atoms with Crippen LogP contribution in [0.15, 0.2) is 47.9 Å². The SMILES string of the molecule is C=CC(=O)N1CC2CCN(C)c3c(F)c(-c4c(O)cccc4Cl)nc4c3c(nc(=O)n4-c3c(C)ccnc3C(C)C)N2CC1C. The lowest BCUT2D eigenvalue weighted by Crippen LogP contribution is -2.60. The zero-order valence-corrected chi connectivity index (χ0v) is 26.6. The number of halogens is 2. The van der Waals surface area contributed by atoms with Crippen molar-refractivity contribution < 1.29 is 14.3 Å². The van der Waals surface area contributed by atoms with Gasteiger partial charge in [-0.3, -0.25) is 9.78 Å². The number of rotatable bonds is 4. The van der Waals surface area contributed by atoms with Crippen LogP contribution in [0.5, 0.6) is 5.75 Å². The van der Waals surface area contributed by atoms with Crippen molar-refractivity contribution in [1.29, 1.82) is 0 Å². The first-order valence-electron chi connectivity index (χ1n) is 14.9. The second kappa shape index (κ2) is 11.4. The number of phenols is 1.